The lowest BCUT2D eigenvalue weighted by Gasteiger charge is -2.08. The number of carbonyl (C=O) groups excluding carboxylic acids is 2. The third-order valence-corrected chi connectivity index (χ3v) is 3.58. The Hall–Kier alpha value is -3.81. The molecule has 1 aromatic heterocycles. The van der Waals surface area contributed by atoms with Gasteiger partial charge < -0.3 is 15.4 Å². The maximum Gasteiger partial charge on any atom is 0.337 e. The highest BCUT2D eigenvalue weighted by molar-refractivity contribution is 6.02. The van der Waals surface area contributed by atoms with Gasteiger partial charge in [0, 0.05) is 5.69 Å². The summed E-state index contributed by atoms with van der Waals surface area (Å²) >= 11 is 0. The Kier molecular flexibility index (Phi) is 5.36. The highest BCUT2D eigenvalue weighted by Crippen LogP contribution is 2.16. The molecule has 1 heterocycles. The minimum absolute atomic E-state index is 0.0462. The molecule has 0 aliphatic heterocycles. The topological polar surface area (TPSA) is 93.2 Å². The number of hydrogen-bond acceptors (Lipinski definition) is 6. The quantitative estimate of drug-likeness (QED) is 0.672. The van der Waals surface area contributed by atoms with Crippen LogP contribution in [0.15, 0.2) is 60.9 Å². The van der Waals surface area contributed by atoms with Gasteiger partial charge in [-0.2, -0.15) is 0 Å². The van der Waals surface area contributed by atoms with Crippen molar-refractivity contribution in [2.24, 2.45) is 0 Å². The SMILES string of the molecule is COC(=O)c1ccc(Nc2cnc(C(=O)Nc3ccccc3F)cn2)cc1. The van der Waals surface area contributed by atoms with Crippen molar-refractivity contribution in [3.05, 3.63) is 78.0 Å². The molecule has 2 aromatic carbocycles. The molecule has 2 N–H and O–H groups in total. The predicted octanol–water partition coefficient (Wildman–Crippen LogP) is 3.40. The van der Waals surface area contributed by atoms with Crippen LogP contribution in [0.25, 0.3) is 0 Å². The van der Waals surface area contributed by atoms with Crippen LogP contribution in [0.4, 0.5) is 21.6 Å². The van der Waals surface area contributed by atoms with Crippen molar-refractivity contribution in [3.63, 3.8) is 0 Å². The third-order valence-electron chi connectivity index (χ3n) is 3.58. The minimum Gasteiger partial charge on any atom is -0.465 e. The van der Waals surface area contributed by atoms with Gasteiger partial charge >= 0.3 is 5.97 Å². The summed E-state index contributed by atoms with van der Waals surface area (Å²) in [6.45, 7) is 0. The van der Waals surface area contributed by atoms with Crippen molar-refractivity contribution in [3.8, 4) is 0 Å². The molecule has 3 aromatic rings. The van der Waals surface area contributed by atoms with Gasteiger partial charge in [0.05, 0.1) is 30.8 Å². The van der Waals surface area contributed by atoms with Crippen LogP contribution in [0, 0.1) is 5.82 Å². The molecule has 0 spiro atoms. The minimum atomic E-state index is -0.568. The van der Waals surface area contributed by atoms with Gasteiger partial charge in [0.2, 0.25) is 0 Å². The number of aromatic nitrogens is 2. The van der Waals surface area contributed by atoms with Crippen molar-refractivity contribution in [1.82, 2.24) is 9.97 Å². The standard InChI is InChI=1S/C19H15FN4O3/c1-27-19(26)12-6-8-13(9-7-12)23-17-11-21-16(10-22-17)18(25)24-15-5-3-2-4-14(15)20/h2-11H,1H3,(H,22,23)(H,24,25). The fourth-order valence-corrected chi connectivity index (χ4v) is 2.21. The van der Waals surface area contributed by atoms with Gasteiger partial charge in [-0.3, -0.25) is 4.79 Å². The molecule has 0 saturated carbocycles. The Morgan fingerprint density at radius 2 is 1.74 bits per heavy atom. The van der Waals surface area contributed by atoms with Gasteiger partial charge in [0.25, 0.3) is 5.91 Å². The number of methoxy groups -OCH3 is 1. The van der Waals surface area contributed by atoms with Crippen LogP contribution in [0.5, 0.6) is 0 Å². The van der Waals surface area contributed by atoms with E-state index in [0.717, 1.165) is 0 Å². The zero-order chi connectivity index (χ0) is 19.2. The van der Waals surface area contributed by atoms with Gasteiger partial charge in [0.15, 0.2) is 0 Å². The second-order valence-electron chi connectivity index (χ2n) is 5.41. The third kappa shape index (κ3) is 4.43. The molecule has 27 heavy (non-hydrogen) atoms. The summed E-state index contributed by atoms with van der Waals surface area (Å²) in [4.78, 5) is 31.7. The first-order chi connectivity index (χ1) is 13.1. The Labute approximate surface area is 154 Å². The van der Waals surface area contributed by atoms with Crippen LogP contribution in [-0.2, 0) is 4.74 Å². The Bertz CT molecular complexity index is 959. The van der Waals surface area contributed by atoms with Crippen LogP contribution < -0.4 is 10.6 Å². The van der Waals surface area contributed by atoms with Gasteiger partial charge in [-0.15, -0.1) is 0 Å². The lowest BCUT2D eigenvalue weighted by atomic mass is 10.2. The Balaban J connectivity index is 1.65. The number of ether oxygens (including phenoxy) is 1. The highest BCUT2D eigenvalue weighted by atomic mass is 19.1. The molecule has 0 bridgehead atoms. The summed E-state index contributed by atoms with van der Waals surface area (Å²) in [6.07, 6.45) is 2.66. The number of carbonyl (C=O) groups is 2. The van der Waals surface area contributed by atoms with E-state index in [1.807, 2.05) is 0 Å². The average Bonchev–Trinajstić information content (AvgIpc) is 2.70. The second-order valence-corrected chi connectivity index (χ2v) is 5.41. The molecule has 8 heteroatoms. The first kappa shape index (κ1) is 18.0. The smallest absolute Gasteiger partial charge is 0.337 e. The number of benzene rings is 2. The normalized spacial score (nSPS) is 10.1. The van der Waals surface area contributed by atoms with Gasteiger partial charge in [0.1, 0.15) is 17.3 Å². The van der Waals surface area contributed by atoms with E-state index in [2.05, 4.69) is 25.3 Å². The molecule has 1 amide bonds. The highest BCUT2D eigenvalue weighted by Gasteiger charge is 2.11. The molecule has 136 valence electrons. The molecule has 0 aliphatic rings. The van der Waals surface area contributed by atoms with E-state index in [-0.39, 0.29) is 11.4 Å². The summed E-state index contributed by atoms with van der Waals surface area (Å²) in [6, 6.07) is 12.4. The van der Waals surface area contributed by atoms with Crippen molar-refractivity contribution in [1.29, 1.82) is 0 Å². The van der Waals surface area contributed by atoms with E-state index in [9.17, 15) is 14.0 Å². The molecule has 3 rings (SSSR count). The number of rotatable bonds is 5. The number of para-hydroxylation sites is 1. The summed E-state index contributed by atoms with van der Waals surface area (Å²) in [7, 11) is 1.31. The molecular formula is C19H15FN4O3. The summed E-state index contributed by atoms with van der Waals surface area (Å²) in [5, 5.41) is 5.43. The van der Waals surface area contributed by atoms with Gasteiger partial charge in [-0.1, -0.05) is 12.1 Å². The predicted molar refractivity (Wildman–Crippen MR) is 97.4 cm³/mol. The van der Waals surface area contributed by atoms with Crippen molar-refractivity contribution in [2.45, 2.75) is 0 Å². The molecule has 0 atom stereocenters. The van der Waals surface area contributed by atoms with Crippen molar-refractivity contribution in [2.75, 3.05) is 17.7 Å². The Morgan fingerprint density at radius 3 is 2.37 bits per heavy atom. The monoisotopic (exact) mass is 366 g/mol. The van der Waals surface area contributed by atoms with E-state index in [4.69, 9.17) is 0 Å². The van der Waals surface area contributed by atoms with Crippen LogP contribution in [-0.4, -0.2) is 29.0 Å². The van der Waals surface area contributed by atoms with E-state index in [1.165, 1.54) is 37.7 Å². The number of esters is 1. The van der Waals surface area contributed by atoms with Crippen LogP contribution in [0.1, 0.15) is 20.8 Å². The molecule has 0 radical (unpaired) electrons. The van der Waals surface area contributed by atoms with E-state index < -0.39 is 17.7 Å². The summed E-state index contributed by atoms with van der Waals surface area (Å²) in [5.41, 5.74) is 1.22. The molecule has 0 unspecified atom stereocenters. The number of amides is 1. The lowest BCUT2D eigenvalue weighted by molar-refractivity contribution is 0.0600. The largest absolute Gasteiger partial charge is 0.465 e. The van der Waals surface area contributed by atoms with E-state index in [1.54, 1.807) is 30.3 Å². The molecular weight excluding hydrogens is 351 g/mol. The van der Waals surface area contributed by atoms with E-state index >= 15 is 0 Å². The molecule has 7 nitrogen and oxygen atoms in total. The van der Waals surface area contributed by atoms with Crippen molar-refractivity contribution >= 4 is 29.1 Å². The van der Waals surface area contributed by atoms with Crippen LogP contribution in [0.3, 0.4) is 0 Å². The van der Waals surface area contributed by atoms with Gasteiger partial charge in [-0.05, 0) is 36.4 Å². The maximum absolute atomic E-state index is 13.6. The first-order valence-corrected chi connectivity index (χ1v) is 7.90. The molecule has 0 aliphatic carbocycles. The zero-order valence-electron chi connectivity index (χ0n) is 14.3. The van der Waals surface area contributed by atoms with Crippen LogP contribution in [0.2, 0.25) is 0 Å². The number of nitrogens with one attached hydrogen (secondary N) is 2. The fraction of sp³-hybridized carbons (Fsp3) is 0.0526. The van der Waals surface area contributed by atoms with Crippen molar-refractivity contribution < 1.29 is 18.7 Å². The lowest BCUT2D eigenvalue weighted by Crippen LogP contribution is -2.15. The van der Waals surface area contributed by atoms with E-state index in [0.29, 0.717) is 17.1 Å². The van der Waals surface area contributed by atoms with Crippen LogP contribution >= 0.6 is 0 Å². The first-order valence-electron chi connectivity index (χ1n) is 7.90. The van der Waals surface area contributed by atoms with Gasteiger partial charge in [-0.25, -0.2) is 19.2 Å². The maximum atomic E-state index is 13.6. The number of hydrogen-bond donors (Lipinski definition) is 2. The summed E-state index contributed by atoms with van der Waals surface area (Å²) < 4.78 is 18.2. The average molecular weight is 366 g/mol. The fourth-order valence-electron chi connectivity index (χ4n) is 2.21. The zero-order valence-corrected chi connectivity index (χ0v) is 14.3. The number of anilines is 3. The number of halogens is 1. The summed E-state index contributed by atoms with van der Waals surface area (Å²) in [5.74, 6) is -1.12. The molecule has 0 saturated heterocycles. The number of nitrogens with zero attached hydrogens (tertiary/aromatic N) is 2. The second kappa shape index (κ2) is 8.05. The molecule has 0 fully saturated rings. The Morgan fingerprint density at radius 1 is 1.00 bits per heavy atom.